The van der Waals surface area contributed by atoms with Crippen molar-refractivity contribution in [2.24, 2.45) is 5.73 Å². The summed E-state index contributed by atoms with van der Waals surface area (Å²) in [5.41, 5.74) is 6.50. The number of hydrogen-bond donors (Lipinski definition) is 1. The third-order valence-corrected chi connectivity index (χ3v) is 2.80. The molecular weight excluding hydrogens is 227 g/mol. The van der Waals surface area contributed by atoms with Crippen LogP contribution in [0.2, 0.25) is 5.02 Å². The molecule has 0 atom stereocenters. The van der Waals surface area contributed by atoms with Gasteiger partial charge in [0.15, 0.2) is 0 Å². The maximum atomic E-state index is 12.9. The summed E-state index contributed by atoms with van der Waals surface area (Å²) in [6.07, 6.45) is 1.88. The van der Waals surface area contributed by atoms with Crippen LogP contribution in [0, 0.1) is 5.82 Å². The van der Waals surface area contributed by atoms with Crippen molar-refractivity contribution in [2.45, 2.75) is 12.8 Å². The molecule has 0 heterocycles. The molecule has 0 saturated heterocycles. The van der Waals surface area contributed by atoms with Gasteiger partial charge in [0.25, 0.3) is 0 Å². The topological polar surface area (TPSA) is 29.3 Å². The predicted molar refractivity (Wildman–Crippen MR) is 66.3 cm³/mol. The monoisotopic (exact) mass is 244 g/mol. The van der Waals surface area contributed by atoms with Gasteiger partial charge in [-0.2, -0.15) is 0 Å². The van der Waals surface area contributed by atoms with Crippen molar-refractivity contribution in [1.82, 2.24) is 4.90 Å². The Morgan fingerprint density at radius 3 is 2.75 bits per heavy atom. The normalized spacial score (nSPS) is 11.1. The van der Waals surface area contributed by atoms with Crippen LogP contribution in [0.25, 0.3) is 0 Å². The fourth-order valence-corrected chi connectivity index (χ4v) is 1.69. The van der Waals surface area contributed by atoms with Crippen LogP contribution in [0.4, 0.5) is 4.39 Å². The number of hydrogen-bond acceptors (Lipinski definition) is 2. The van der Waals surface area contributed by atoms with Crippen LogP contribution in [0.5, 0.6) is 0 Å². The van der Waals surface area contributed by atoms with Gasteiger partial charge in [-0.15, -0.1) is 0 Å². The Balaban J connectivity index is 2.39. The van der Waals surface area contributed by atoms with E-state index in [4.69, 9.17) is 17.3 Å². The van der Waals surface area contributed by atoms with Crippen LogP contribution < -0.4 is 5.73 Å². The molecule has 1 aromatic carbocycles. The minimum atomic E-state index is -0.359. The van der Waals surface area contributed by atoms with Crippen LogP contribution in [0.3, 0.4) is 0 Å². The zero-order chi connectivity index (χ0) is 12.0. The van der Waals surface area contributed by atoms with Crippen molar-refractivity contribution in [3.63, 3.8) is 0 Å². The molecule has 0 aliphatic heterocycles. The zero-order valence-corrected chi connectivity index (χ0v) is 10.3. The fraction of sp³-hybridized carbons (Fsp3) is 0.500. The number of nitrogens with two attached hydrogens (primary N) is 1. The Labute approximate surface area is 101 Å². The molecule has 90 valence electrons. The molecule has 0 aliphatic rings. The minimum Gasteiger partial charge on any atom is -0.330 e. The summed E-state index contributed by atoms with van der Waals surface area (Å²) in [4.78, 5) is 2.21. The lowest BCUT2D eigenvalue weighted by Gasteiger charge is -2.15. The molecule has 0 fully saturated rings. The number of benzene rings is 1. The first-order valence-corrected chi connectivity index (χ1v) is 5.84. The second-order valence-electron chi connectivity index (χ2n) is 3.94. The third-order valence-electron chi connectivity index (χ3n) is 2.51. The van der Waals surface area contributed by atoms with Gasteiger partial charge in [-0.25, -0.2) is 4.39 Å². The SMILES string of the molecule is CN(CCCN)CCc1ccc(F)c(Cl)c1. The number of rotatable bonds is 6. The van der Waals surface area contributed by atoms with Gasteiger partial charge in [0.05, 0.1) is 5.02 Å². The van der Waals surface area contributed by atoms with E-state index in [1.54, 1.807) is 12.1 Å². The quantitative estimate of drug-likeness (QED) is 0.832. The molecule has 16 heavy (non-hydrogen) atoms. The lowest BCUT2D eigenvalue weighted by atomic mass is 10.1. The molecule has 0 spiro atoms. The first-order chi connectivity index (χ1) is 7.63. The summed E-state index contributed by atoms with van der Waals surface area (Å²) in [7, 11) is 2.06. The average molecular weight is 245 g/mol. The molecule has 0 unspecified atom stereocenters. The predicted octanol–water partition coefficient (Wildman–Crippen LogP) is 2.30. The van der Waals surface area contributed by atoms with E-state index in [9.17, 15) is 4.39 Å². The highest BCUT2D eigenvalue weighted by Crippen LogP contribution is 2.16. The molecule has 1 rings (SSSR count). The summed E-state index contributed by atoms with van der Waals surface area (Å²) < 4.78 is 12.9. The lowest BCUT2D eigenvalue weighted by molar-refractivity contribution is 0.335. The van der Waals surface area contributed by atoms with E-state index in [2.05, 4.69) is 11.9 Å². The highest BCUT2D eigenvalue weighted by molar-refractivity contribution is 6.30. The summed E-state index contributed by atoms with van der Waals surface area (Å²) in [6, 6.07) is 4.88. The van der Waals surface area contributed by atoms with E-state index in [0.29, 0.717) is 6.54 Å². The smallest absolute Gasteiger partial charge is 0.141 e. The molecular formula is C12H18ClFN2. The van der Waals surface area contributed by atoms with E-state index in [-0.39, 0.29) is 10.8 Å². The van der Waals surface area contributed by atoms with E-state index < -0.39 is 0 Å². The number of halogens is 2. The average Bonchev–Trinajstić information content (AvgIpc) is 2.28. The van der Waals surface area contributed by atoms with Crippen LogP contribution in [-0.2, 0) is 6.42 Å². The van der Waals surface area contributed by atoms with E-state index in [1.165, 1.54) is 6.07 Å². The van der Waals surface area contributed by atoms with E-state index in [0.717, 1.165) is 31.5 Å². The van der Waals surface area contributed by atoms with Crippen molar-refractivity contribution in [3.8, 4) is 0 Å². The Morgan fingerprint density at radius 1 is 1.38 bits per heavy atom. The van der Waals surface area contributed by atoms with Gasteiger partial charge in [0.1, 0.15) is 5.82 Å². The molecule has 2 N–H and O–H groups in total. The first-order valence-electron chi connectivity index (χ1n) is 5.46. The summed E-state index contributed by atoms with van der Waals surface area (Å²) >= 11 is 5.71. The minimum absolute atomic E-state index is 0.196. The standard InChI is InChI=1S/C12H18ClFN2/c1-16(7-2-6-15)8-5-10-3-4-12(14)11(13)9-10/h3-4,9H,2,5-8,15H2,1H3. The maximum Gasteiger partial charge on any atom is 0.141 e. The molecule has 0 radical (unpaired) electrons. The van der Waals surface area contributed by atoms with Crippen LogP contribution in [-0.4, -0.2) is 31.6 Å². The van der Waals surface area contributed by atoms with Crippen LogP contribution in [0.1, 0.15) is 12.0 Å². The van der Waals surface area contributed by atoms with Gasteiger partial charge >= 0.3 is 0 Å². The Kier molecular flexibility index (Phi) is 5.74. The van der Waals surface area contributed by atoms with Crippen molar-refractivity contribution in [2.75, 3.05) is 26.7 Å². The summed E-state index contributed by atoms with van der Waals surface area (Å²) in [5.74, 6) is -0.359. The molecule has 0 saturated carbocycles. The van der Waals surface area contributed by atoms with Gasteiger partial charge in [-0.05, 0) is 50.7 Å². The highest BCUT2D eigenvalue weighted by Gasteiger charge is 2.02. The number of nitrogens with zero attached hydrogens (tertiary/aromatic N) is 1. The molecule has 0 bridgehead atoms. The van der Waals surface area contributed by atoms with Crippen LogP contribution >= 0.6 is 11.6 Å². The largest absolute Gasteiger partial charge is 0.330 e. The maximum absolute atomic E-state index is 12.9. The van der Waals surface area contributed by atoms with Crippen molar-refractivity contribution in [3.05, 3.63) is 34.6 Å². The zero-order valence-electron chi connectivity index (χ0n) is 9.55. The third kappa shape index (κ3) is 4.47. The van der Waals surface area contributed by atoms with Crippen LogP contribution in [0.15, 0.2) is 18.2 Å². The van der Waals surface area contributed by atoms with E-state index in [1.807, 2.05) is 0 Å². The molecule has 4 heteroatoms. The molecule has 0 aromatic heterocycles. The van der Waals surface area contributed by atoms with Crippen molar-refractivity contribution < 1.29 is 4.39 Å². The fourth-order valence-electron chi connectivity index (χ4n) is 1.49. The Hall–Kier alpha value is -0.640. The Bertz CT molecular complexity index is 331. The summed E-state index contributed by atoms with van der Waals surface area (Å²) in [5, 5.41) is 0.196. The first kappa shape index (κ1) is 13.4. The van der Waals surface area contributed by atoms with Gasteiger partial charge < -0.3 is 10.6 Å². The highest BCUT2D eigenvalue weighted by atomic mass is 35.5. The van der Waals surface area contributed by atoms with Gasteiger partial charge in [-0.1, -0.05) is 17.7 Å². The van der Waals surface area contributed by atoms with Gasteiger partial charge in [-0.3, -0.25) is 0 Å². The van der Waals surface area contributed by atoms with Gasteiger partial charge in [0.2, 0.25) is 0 Å². The second kappa shape index (κ2) is 6.84. The van der Waals surface area contributed by atoms with E-state index >= 15 is 0 Å². The molecule has 0 aliphatic carbocycles. The van der Waals surface area contributed by atoms with Crippen molar-refractivity contribution >= 4 is 11.6 Å². The second-order valence-corrected chi connectivity index (χ2v) is 4.35. The summed E-state index contributed by atoms with van der Waals surface area (Å²) in [6.45, 7) is 2.64. The Morgan fingerprint density at radius 2 is 2.12 bits per heavy atom. The molecule has 2 nitrogen and oxygen atoms in total. The molecule has 0 amide bonds. The van der Waals surface area contributed by atoms with Crippen molar-refractivity contribution in [1.29, 1.82) is 0 Å². The molecule has 1 aromatic rings. The lowest BCUT2D eigenvalue weighted by Crippen LogP contribution is -2.24. The van der Waals surface area contributed by atoms with Gasteiger partial charge in [0, 0.05) is 6.54 Å². The number of likely N-dealkylation sites (N-methyl/N-ethyl adjacent to an activating group) is 1.